The fraction of sp³-hybridized carbons (Fsp3) is 0.433. The van der Waals surface area contributed by atoms with Gasteiger partial charge in [-0.25, -0.2) is 19.7 Å². The summed E-state index contributed by atoms with van der Waals surface area (Å²) in [6, 6.07) is 8.67. The highest BCUT2D eigenvalue weighted by atomic mass is 35.5. The Kier molecular flexibility index (Phi) is 9.08. The smallest absolute Gasteiger partial charge is 0.333 e. The van der Waals surface area contributed by atoms with E-state index in [4.69, 9.17) is 38.7 Å². The number of H-pyrrole nitrogens is 1. The molecule has 10 nitrogen and oxygen atoms in total. The second-order valence-corrected chi connectivity index (χ2v) is 13.5. The summed E-state index contributed by atoms with van der Waals surface area (Å²) in [5, 5.41) is 5.01. The van der Waals surface area contributed by atoms with Crippen LogP contribution in [-0.2, 0) is 9.53 Å². The van der Waals surface area contributed by atoms with Gasteiger partial charge in [0.15, 0.2) is 5.54 Å². The number of halogens is 2. The molecule has 3 heterocycles. The van der Waals surface area contributed by atoms with Gasteiger partial charge in [-0.15, -0.1) is 0 Å². The van der Waals surface area contributed by atoms with Crippen LogP contribution in [0.1, 0.15) is 62.3 Å². The molecular weight excluding hydrogens is 609 g/mol. The molecule has 2 aromatic carbocycles. The third kappa shape index (κ3) is 6.40. The largest absolute Gasteiger partial charge is 0.458 e. The predicted octanol–water partition coefficient (Wildman–Crippen LogP) is 5.99. The van der Waals surface area contributed by atoms with Gasteiger partial charge in [0.2, 0.25) is 0 Å². The molecule has 0 bridgehead atoms. The fourth-order valence-corrected chi connectivity index (χ4v) is 6.29. The van der Waals surface area contributed by atoms with Crippen molar-refractivity contribution in [1.29, 1.82) is 0 Å². The molecule has 5 rings (SSSR count). The van der Waals surface area contributed by atoms with Crippen molar-refractivity contribution in [2.75, 3.05) is 30.4 Å². The number of nitrogens with two attached hydrogens (primary N) is 1. The molecule has 1 saturated heterocycles. The van der Waals surface area contributed by atoms with Crippen LogP contribution in [0.4, 0.5) is 5.82 Å². The topological polar surface area (TPSA) is 139 Å². The number of rotatable bonds is 9. The van der Waals surface area contributed by atoms with E-state index in [1.807, 2.05) is 18.2 Å². The lowest BCUT2D eigenvalue weighted by Crippen LogP contribution is -2.59. The second-order valence-electron chi connectivity index (χ2n) is 11.6. The molecule has 2 aromatic heterocycles. The van der Waals surface area contributed by atoms with Crippen LogP contribution < -0.4 is 11.1 Å². The lowest BCUT2D eigenvalue weighted by Gasteiger charge is -2.37. The summed E-state index contributed by atoms with van der Waals surface area (Å²) in [6.07, 6.45) is 5.30. The molecule has 4 aromatic rings. The first-order chi connectivity index (χ1) is 20.5. The van der Waals surface area contributed by atoms with Gasteiger partial charge in [0, 0.05) is 23.5 Å². The van der Waals surface area contributed by atoms with Crippen molar-refractivity contribution in [1.82, 2.24) is 24.8 Å². The molecule has 1 aliphatic heterocycles. The summed E-state index contributed by atoms with van der Waals surface area (Å²) in [6.45, 7) is 5.67. The van der Waals surface area contributed by atoms with E-state index in [2.05, 4.69) is 26.5 Å². The number of aromatic nitrogens is 4. The normalized spacial score (nSPS) is 17.9. The Morgan fingerprint density at radius 2 is 2.00 bits per heavy atom. The highest BCUT2D eigenvalue weighted by Gasteiger charge is 2.51. The lowest BCUT2D eigenvalue weighted by atomic mass is 9.95. The summed E-state index contributed by atoms with van der Waals surface area (Å²) in [5.41, 5.74) is 6.57. The molecule has 0 spiro atoms. The zero-order chi connectivity index (χ0) is 30.9. The lowest BCUT2D eigenvalue weighted by molar-refractivity contribution is -0.166. The summed E-state index contributed by atoms with van der Waals surface area (Å²) >= 11 is 14.7. The molecule has 1 aliphatic rings. The van der Waals surface area contributed by atoms with Crippen LogP contribution in [0.15, 0.2) is 36.7 Å². The minimum atomic E-state index is -1.26. The Morgan fingerprint density at radius 1 is 1.21 bits per heavy atom. The Balaban J connectivity index is 1.48. The monoisotopic (exact) mass is 643 g/mol. The van der Waals surface area contributed by atoms with E-state index in [1.54, 1.807) is 44.7 Å². The van der Waals surface area contributed by atoms with Gasteiger partial charge in [0.25, 0.3) is 5.91 Å². The quantitative estimate of drug-likeness (QED) is 0.187. The average molecular weight is 645 g/mol. The number of likely N-dealkylation sites (tertiary alicyclic amines) is 1. The summed E-state index contributed by atoms with van der Waals surface area (Å²) < 4.78 is 5.68. The number of carbonyl (C=O) groups excluding carboxylic acids is 2. The molecule has 1 amide bonds. The molecule has 0 saturated carbocycles. The molecule has 228 valence electrons. The van der Waals surface area contributed by atoms with Gasteiger partial charge < -0.3 is 25.7 Å². The number of esters is 1. The van der Waals surface area contributed by atoms with E-state index in [-0.39, 0.29) is 23.2 Å². The Hall–Kier alpha value is -3.12. The van der Waals surface area contributed by atoms with Crippen molar-refractivity contribution in [3.05, 3.63) is 58.1 Å². The van der Waals surface area contributed by atoms with Crippen molar-refractivity contribution < 1.29 is 14.3 Å². The summed E-state index contributed by atoms with van der Waals surface area (Å²) in [5.74, 6) is 1.29. The van der Waals surface area contributed by atoms with Gasteiger partial charge in [-0.05, 0) is 82.4 Å². The minimum Gasteiger partial charge on any atom is -0.458 e. The van der Waals surface area contributed by atoms with Gasteiger partial charge in [0.05, 0.1) is 33.2 Å². The van der Waals surface area contributed by atoms with Crippen LogP contribution in [0.25, 0.3) is 21.9 Å². The number of hydrogen-bond donors (Lipinski definition) is 3. The molecule has 0 radical (unpaired) electrons. The third-order valence-electron chi connectivity index (χ3n) is 7.52. The number of hydrogen-bond acceptors (Lipinski definition) is 9. The first-order valence-corrected chi connectivity index (χ1v) is 16.2. The average Bonchev–Trinajstić information content (AvgIpc) is 3.58. The zero-order valence-electron chi connectivity index (χ0n) is 24.5. The number of nitrogens with zero attached hydrogens (tertiary/aromatic N) is 4. The summed E-state index contributed by atoms with van der Waals surface area (Å²) in [4.78, 5) is 45.8. The van der Waals surface area contributed by atoms with Crippen LogP contribution in [0.2, 0.25) is 10.0 Å². The summed E-state index contributed by atoms with van der Waals surface area (Å²) in [7, 11) is 0. The van der Waals surface area contributed by atoms with Crippen molar-refractivity contribution in [2.45, 2.75) is 57.2 Å². The second kappa shape index (κ2) is 12.5. The van der Waals surface area contributed by atoms with E-state index >= 15 is 0 Å². The maximum Gasteiger partial charge on any atom is 0.333 e. The van der Waals surface area contributed by atoms with E-state index in [0.717, 1.165) is 29.0 Å². The van der Waals surface area contributed by atoms with Crippen molar-refractivity contribution in [2.24, 2.45) is 5.73 Å². The van der Waals surface area contributed by atoms with Gasteiger partial charge in [-0.3, -0.25) is 4.79 Å². The number of imidazole rings is 1. The van der Waals surface area contributed by atoms with Crippen LogP contribution in [-0.4, -0.2) is 73.0 Å². The predicted molar refractivity (Wildman–Crippen MR) is 173 cm³/mol. The first-order valence-electron chi connectivity index (χ1n) is 14.1. The van der Waals surface area contributed by atoms with Crippen molar-refractivity contribution in [3.63, 3.8) is 0 Å². The Morgan fingerprint density at radius 3 is 2.72 bits per heavy atom. The Bertz CT molecular complexity index is 1680. The molecule has 4 N–H and O–H groups in total. The third-order valence-corrected chi connectivity index (χ3v) is 8.71. The number of benzene rings is 2. The number of ether oxygens (including phenoxy) is 1. The van der Waals surface area contributed by atoms with Crippen LogP contribution >= 0.6 is 35.0 Å². The maximum absolute atomic E-state index is 13.9. The Labute approximate surface area is 264 Å². The SMILES string of the molecule is CSCC[C@H](Nc1ncnc2cc(C(=O)N3CCC[C@@]3(CN)C(=O)OC(C)(C)C)c(Cl)cc12)c1nc2ccc(Cl)cc2[nH]1. The number of carbonyl (C=O) groups is 2. The zero-order valence-corrected chi connectivity index (χ0v) is 26.9. The first kappa shape index (κ1) is 31.3. The van der Waals surface area contributed by atoms with Crippen molar-refractivity contribution >= 4 is 74.6 Å². The highest BCUT2D eigenvalue weighted by molar-refractivity contribution is 7.98. The van der Waals surface area contributed by atoms with Gasteiger partial charge in [0.1, 0.15) is 23.6 Å². The number of nitrogens with one attached hydrogen (secondary N) is 2. The number of amides is 1. The molecule has 1 fully saturated rings. The molecule has 13 heteroatoms. The minimum absolute atomic E-state index is 0.0550. The number of fused-ring (bicyclic) bond motifs is 2. The highest BCUT2D eigenvalue weighted by Crippen LogP contribution is 2.36. The fourth-order valence-electron chi connectivity index (χ4n) is 5.40. The van der Waals surface area contributed by atoms with E-state index in [0.29, 0.717) is 41.1 Å². The molecule has 43 heavy (non-hydrogen) atoms. The molecule has 2 atom stereocenters. The molecule has 0 aliphatic carbocycles. The molecular formula is C30H35Cl2N7O3S. The standard InChI is InChI=1S/C30H35Cl2N7O3S/c1-29(2,3)42-28(41)30(15-33)9-5-10-39(30)27(40)18-14-23-19(13-20(18)32)25(35-16-34-23)37-22(8-11-43-4)26-36-21-7-6-17(31)12-24(21)38-26/h6-7,12-14,16,22H,5,8-11,15,33H2,1-4H3,(H,36,38)(H,34,35,37)/t22-,30+/m0/s1. The van der Waals surface area contributed by atoms with Crippen LogP contribution in [0.5, 0.6) is 0 Å². The number of anilines is 1. The van der Waals surface area contributed by atoms with E-state index in [9.17, 15) is 9.59 Å². The van der Waals surface area contributed by atoms with E-state index in [1.165, 1.54) is 11.2 Å². The van der Waals surface area contributed by atoms with Crippen LogP contribution in [0.3, 0.4) is 0 Å². The van der Waals surface area contributed by atoms with Gasteiger partial charge >= 0.3 is 5.97 Å². The van der Waals surface area contributed by atoms with Gasteiger partial charge in [-0.1, -0.05) is 23.2 Å². The number of thioether (sulfide) groups is 1. The van der Waals surface area contributed by atoms with Crippen LogP contribution in [0, 0.1) is 0 Å². The molecule has 0 unspecified atom stereocenters. The van der Waals surface area contributed by atoms with Gasteiger partial charge in [-0.2, -0.15) is 11.8 Å². The number of aromatic amines is 1. The van der Waals surface area contributed by atoms with E-state index < -0.39 is 23.0 Å². The van der Waals surface area contributed by atoms with Crippen molar-refractivity contribution in [3.8, 4) is 0 Å². The maximum atomic E-state index is 13.9.